The van der Waals surface area contributed by atoms with Gasteiger partial charge in [0.15, 0.2) is 0 Å². The maximum atomic E-state index is 5.04. The SMILES string of the molecule is Cc1ccc(-c2nccc3[nH]c(-c4n[nH]c5ccc(-c6cncc(CN7CCCCC7)c6)nc45)cc23)s1. The summed E-state index contributed by atoms with van der Waals surface area (Å²) >= 11 is 1.76. The van der Waals surface area contributed by atoms with E-state index in [1.54, 1.807) is 11.3 Å². The normalized spacial score (nSPS) is 14.6. The Morgan fingerprint density at radius 2 is 1.86 bits per heavy atom. The molecule has 0 aliphatic carbocycles. The van der Waals surface area contributed by atoms with Gasteiger partial charge in [0, 0.05) is 46.5 Å². The molecule has 6 aromatic heterocycles. The van der Waals surface area contributed by atoms with Gasteiger partial charge in [0.05, 0.1) is 27.5 Å². The highest BCUT2D eigenvalue weighted by molar-refractivity contribution is 7.15. The highest BCUT2D eigenvalue weighted by Crippen LogP contribution is 2.35. The van der Waals surface area contributed by atoms with E-state index in [1.807, 2.05) is 30.7 Å². The lowest BCUT2D eigenvalue weighted by atomic mass is 10.1. The van der Waals surface area contributed by atoms with Crippen molar-refractivity contribution in [2.75, 3.05) is 13.1 Å². The molecule has 1 fully saturated rings. The summed E-state index contributed by atoms with van der Waals surface area (Å²) in [7, 11) is 0. The Balaban J connectivity index is 1.26. The van der Waals surface area contributed by atoms with Crippen LogP contribution in [0.15, 0.2) is 61.1 Å². The number of nitrogens with one attached hydrogen (secondary N) is 2. The predicted octanol–water partition coefficient (Wildman–Crippen LogP) is 6.59. The molecule has 1 aliphatic heterocycles. The van der Waals surface area contributed by atoms with Gasteiger partial charge < -0.3 is 4.98 Å². The first-order chi connectivity index (χ1) is 18.2. The second-order valence-corrected chi connectivity index (χ2v) is 11.1. The Bertz CT molecular complexity index is 1720. The number of piperidine rings is 1. The summed E-state index contributed by atoms with van der Waals surface area (Å²) in [5.41, 5.74) is 8.65. The van der Waals surface area contributed by atoms with Crippen molar-refractivity contribution in [1.29, 1.82) is 0 Å². The molecule has 0 saturated carbocycles. The third kappa shape index (κ3) is 4.22. The molecule has 6 aromatic rings. The number of nitrogens with zero attached hydrogens (tertiary/aromatic N) is 5. The molecule has 0 spiro atoms. The third-order valence-corrected chi connectivity index (χ3v) is 8.14. The molecule has 1 aliphatic rings. The zero-order chi connectivity index (χ0) is 24.8. The summed E-state index contributed by atoms with van der Waals surface area (Å²) in [6.45, 7) is 5.39. The van der Waals surface area contributed by atoms with E-state index < -0.39 is 0 Å². The van der Waals surface area contributed by atoms with Gasteiger partial charge in [0.1, 0.15) is 11.2 Å². The molecule has 1 saturated heterocycles. The molecule has 0 radical (unpaired) electrons. The van der Waals surface area contributed by atoms with Crippen molar-refractivity contribution in [2.24, 2.45) is 0 Å². The van der Waals surface area contributed by atoms with Crippen molar-refractivity contribution in [1.82, 2.24) is 35.0 Å². The number of pyridine rings is 3. The fraction of sp³-hybridized carbons (Fsp3) is 0.241. The number of aromatic amines is 2. The first kappa shape index (κ1) is 22.3. The van der Waals surface area contributed by atoms with E-state index in [4.69, 9.17) is 4.98 Å². The van der Waals surface area contributed by atoms with Crippen molar-refractivity contribution < 1.29 is 0 Å². The van der Waals surface area contributed by atoms with Gasteiger partial charge in [-0.2, -0.15) is 5.10 Å². The Morgan fingerprint density at radius 3 is 2.73 bits per heavy atom. The Morgan fingerprint density at radius 1 is 0.946 bits per heavy atom. The van der Waals surface area contributed by atoms with E-state index in [9.17, 15) is 0 Å². The van der Waals surface area contributed by atoms with Crippen molar-refractivity contribution >= 4 is 33.3 Å². The number of fused-ring (bicyclic) bond motifs is 2. The van der Waals surface area contributed by atoms with Crippen LogP contribution in [0, 0.1) is 6.92 Å². The van der Waals surface area contributed by atoms with Crippen LogP contribution < -0.4 is 0 Å². The second-order valence-electron chi connectivity index (χ2n) is 9.80. The van der Waals surface area contributed by atoms with Gasteiger partial charge in [0.2, 0.25) is 0 Å². The van der Waals surface area contributed by atoms with E-state index in [2.05, 4.69) is 67.3 Å². The number of hydrogen-bond donors (Lipinski definition) is 2. The summed E-state index contributed by atoms with van der Waals surface area (Å²) in [6, 6.07) is 14.7. The van der Waals surface area contributed by atoms with Crippen molar-refractivity contribution in [3.05, 3.63) is 71.5 Å². The number of hydrogen-bond acceptors (Lipinski definition) is 6. The van der Waals surface area contributed by atoms with Gasteiger partial charge >= 0.3 is 0 Å². The van der Waals surface area contributed by atoms with Crippen LogP contribution in [-0.2, 0) is 6.54 Å². The van der Waals surface area contributed by atoms with Crippen LogP contribution in [-0.4, -0.2) is 48.1 Å². The fourth-order valence-corrected chi connectivity index (χ4v) is 6.16. The third-order valence-electron chi connectivity index (χ3n) is 7.13. The maximum absolute atomic E-state index is 5.04. The van der Waals surface area contributed by atoms with Crippen LogP contribution in [0.5, 0.6) is 0 Å². The standard InChI is InChI=1S/C29H27N7S/c1-18-5-8-26(37-18)27-21-14-25(32-23(21)9-10-31-27)29-28-24(34-35-29)7-6-22(33-28)20-13-19(15-30-16-20)17-36-11-3-2-4-12-36/h5-10,13-16,32H,2-4,11-12,17H2,1H3,(H,34,35). The topological polar surface area (TPSA) is 86.4 Å². The molecule has 184 valence electrons. The Kier molecular flexibility index (Phi) is 5.56. The first-order valence-corrected chi connectivity index (χ1v) is 13.6. The Hall–Kier alpha value is -3.88. The van der Waals surface area contributed by atoms with E-state index in [0.29, 0.717) is 0 Å². The molecule has 37 heavy (non-hydrogen) atoms. The van der Waals surface area contributed by atoms with Gasteiger partial charge in [-0.1, -0.05) is 6.42 Å². The number of thiophene rings is 1. The van der Waals surface area contributed by atoms with E-state index >= 15 is 0 Å². The lowest BCUT2D eigenvalue weighted by molar-refractivity contribution is 0.220. The molecule has 2 N–H and O–H groups in total. The van der Waals surface area contributed by atoms with Crippen LogP contribution in [0.3, 0.4) is 0 Å². The number of rotatable bonds is 5. The minimum Gasteiger partial charge on any atom is -0.353 e. The monoisotopic (exact) mass is 505 g/mol. The maximum Gasteiger partial charge on any atom is 0.135 e. The summed E-state index contributed by atoms with van der Waals surface area (Å²) in [5.74, 6) is 0. The van der Waals surface area contributed by atoms with Gasteiger partial charge in [-0.15, -0.1) is 11.3 Å². The van der Waals surface area contributed by atoms with Crippen molar-refractivity contribution in [3.8, 4) is 33.2 Å². The predicted molar refractivity (Wildman–Crippen MR) is 149 cm³/mol. The van der Waals surface area contributed by atoms with Crippen LogP contribution in [0.4, 0.5) is 0 Å². The highest BCUT2D eigenvalue weighted by atomic mass is 32.1. The minimum atomic E-state index is 0.804. The molecule has 7 heterocycles. The van der Waals surface area contributed by atoms with Gasteiger partial charge in [-0.05, 0) is 80.9 Å². The zero-order valence-electron chi connectivity index (χ0n) is 20.7. The summed E-state index contributed by atoms with van der Waals surface area (Å²) in [4.78, 5) is 22.8. The summed E-state index contributed by atoms with van der Waals surface area (Å²) < 4.78 is 0. The summed E-state index contributed by atoms with van der Waals surface area (Å²) in [5, 5.41) is 8.88. The fourth-order valence-electron chi connectivity index (χ4n) is 5.28. The van der Waals surface area contributed by atoms with Gasteiger partial charge in [-0.25, -0.2) is 4.98 Å². The molecule has 7 rings (SSSR count). The van der Waals surface area contributed by atoms with E-state index in [1.165, 1.54) is 42.8 Å². The molecule has 8 heteroatoms. The quantitative estimate of drug-likeness (QED) is 0.276. The average Bonchev–Trinajstić information content (AvgIpc) is 3.66. The van der Waals surface area contributed by atoms with Crippen LogP contribution in [0.2, 0.25) is 0 Å². The first-order valence-electron chi connectivity index (χ1n) is 12.8. The Labute approximate surface area is 218 Å². The molecule has 0 aromatic carbocycles. The number of likely N-dealkylation sites (tertiary alicyclic amines) is 1. The van der Waals surface area contributed by atoms with Crippen molar-refractivity contribution in [2.45, 2.75) is 32.7 Å². The molecule has 0 amide bonds. The molecule has 0 bridgehead atoms. The van der Waals surface area contributed by atoms with Crippen LogP contribution in [0.25, 0.3) is 55.2 Å². The minimum absolute atomic E-state index is 0.804. The average molecular weight is 506 g/mol. The smallest absolute Gasteiger partial charge is 0.135 e. The van der Waals surface area contributed by atoms with Crippen LogP contribution >= 0.6 is 11.3 Å². The lowest BCUT2D eigenvalue weighted by Gasteiger charge is -2.26. The second kappa shape index (κ2) is 9.21. The summed E-state index contributed by atoms with van der Waals surface area (Å²) in [6.07, 6.45) is 9.64. The number of H-pyrrole nitrogens is 2. The molecular weight excluding hydrogens is 478 g/mol. The lowest BCUT2D eigenvalue weighted by Crippen LogP contribution is -2.29. The van der Waals surface area contributed by atoms with E-state index in [-0.39, 0.29) is 0 Å². The number of aryl methyl sites for hydroxylation is 1. The zero-order valence-corrected chi connectivity index (χ0v) is 21.5. The molecule has 7 nitrogen and oxygen atoms in total. The van der Waals surface area contributed by atoms with E-state index in [0.717, 1.165) is 61.7 Å². The largest absolute Gasteiger partial charge is 0.353 e. The highest BCUT2D eigenvalue weighted by Gasteiger charge is 2.17. The van der Waals surface area contributed by atoms with Gasteiger partial charge in [0.25, 0.3) is 0 Å². The van der Waals surface area contributed by atoms with Crippen molar-refractivity contribution in [3.63, 3.8) is 0 Å². The number of aromatic nitrogens is 6. The molecular formula is C29H27N7S. The molecule has 0 unspecified atom stereocenters. The van der Waals surface area contributed by atoms with Crippen LogP contribution in [0.1, 0.15) is 29.7 Å². The van der Waals surface area contributed by atoms with Gasteiger partial charge in [-0.3, -0.25) is 20.0 Å². The molecule has 0 atom stereocenters.